The van der Waals surface area contributed by atoms with Crippen LogP contribution < -0.4 is 10.0 Å². The molecule has 0 saturated carbocycles. The molecule has 0 fully saturated rings. The summed E-state index contributed by atoms with van der Waals surface area (Å²) in [6.07, 6.45) is 2.20. The topological polar surface area (TPSA) is 123 Å². The molecule has 0 atom stereocenters. The Morgan fingerprint density at radius 1 is 1.00 bits per heavy atom. The van der Waals surface area contributed by atoms with E-state index in [9.17, 15) is 18.0 Å². The highest BCUT2D eigenvalue weighted by Crippen LogP contribution is 2.25. The van der Waals surface area contributed by atoms with Gasteiger partial charge in [0.1, 0.15) is 17.0 Å². The number of hydrogen-bond donors (Lipinski definition) is 2. The van der Waals surface area contributed by atoms with Crippen molar-refractivity contribution in [2.45, 2.75) is 51.5 Å². The summed E-state index contributed by atoms with van der Waals surface area (Å²) in [5, 5.41) is 3.31. The largest absolute Gasteiger partial charge is 0.326 e. The molecule has 0 saturated heterocycles. The fraction of sp³-hybridized carbons (Fsp3) is 0.259. The van der Waals surface area contributed by atoms with Gasteiger partial charge in [0, 0.05) is 17.1 Å². The molecule has 2 aromatic carbocycles. The highest BCUT2D eigenvalue weighted by Gasteiger charge is 2.21. The molecular weight excluding hydrogens is 526 g/mol. The molecule has 2 N–H and O–H groups in total. The van der Waals surface area contributed by atoms with Crippen molar-refractivity contribution >= 4 is 50.3 Å². The summed E-state index contributed by atoms with van der Waals surface area (Å²) >= 11 is 6.52. The molecule has 2 heterocycles. The molecule has 4 rings (SSSR count). The van der Waals surface area contributed by atoms with Gasteiger partial charge in [0.25, 0.3) is 15.9 Å². The van der Waals surface area contributed by atoms with Crippen LogP contribution in [0.3, 0.4) is 0 Å². The van der Waals surface area contributed by atoms with E-state index in [4.69, 9.17) is 11.6 Å². The molecule has 9 nitrogen and oxygen atoms in total. The maximum absolute atomic E-state index is 12.8. The standard InChI is InChI=1S/C27H28ClN5O4S/c1-4-5-6-25(34)30-20-10-9-19(22(28)15-20)16-33-18(3)29-23-13-14-24(31-26(23)33)27(35)32-38(36,37)21-11-7-17(2)8-12-21/h7-15H,4-6,16H2,1-3H3,(H,30,34)(H,32,35). The summed E-state index contributed by atoms with van der Waals surface area (Å²) in [5.41, 5.74) is 3.17. The second kappa shape index (κ2) is 11.3. The number of unbranched alkanes of at least 4 members (excludes halogenated alkanes) is 1. The number of halogens is 1. The molecular formula is C27H28ClN5O4S. The van der Waals surface area contributed by atoms with Crippen LogP contribution in [-0.4, -0.2) is 34.8 Å². The van der Waals surface area contributed by atoms with Crippen LogP contribution in [0.2, 0.25) is 5.02 Å². The Morgan fingerprint density at radius 3 is 2.42 bits per heavy atom. The van der Waals surface area contributed by atoms with Crippen LogP contribution in [0.1, 0.15) is 53.6 Å². The van der Waals surface area contributed by atoms with Gasteiger partial charge in [0.15, 0.2) is 5.65 Å². The third-order valence-electron chi connectivity index (χ3n) is 6.00. The number of carbonyl (C=O) groups excluding carboxylic acids is 2. The Balaban J connectivity index is 1.56. The van der Waals surface area contributed by atoms with E-state index in [1.807, 2.05) is 19.9 Å². The Labute approximate surface area is 226 Å². The number of sulfonamides is 1. The third-order valence-corrected chi connectivity index (χ3v) is 7.70. The lowest BCUT2D eigenvalue weighted by atomic mass is 10.2. The lowest BCUT2D eigenvalue weighted by Crippen LogP contribution is -2.31. The van der Waals surface area contributed by atoms with Crippen LogP contribution in [-0.2, 0) is 21.4 Å². The molecule has 4 aromatic rings. The molecule has 11 heteroatoms. The Hall–Kier alpha value is -3.76. The summed E-state index contributed by atoms with van der Waals surface area (Å²) in [5.74, 6) is -0.268. The number of benzene rings is 2. The van der Waals surface area contributed by atoms with Gasteiger partial charge in [0.2, 0.25) is 5.91 Å². The van der Waals surface area contributed by atoms with Crippen LogP contribution in [0.25, 0.3) is 11.2 Å². The van der Waals surface area contributed by atoms with E-state index in [-0.39, 0.29) is 16.5 Å². The molecule has 0 unspecified atom stereocenters. The minimum absolute atomic E-state index is 0.0157. The van der Waals surface area contributed by atoms with Crippen LogP contribution in [0.15, 0.2) is 59.5 Å². The zero-order chi connectivity index (χ0) is 27.4. The summed E-state index contributed by atoms with van der Waals surface area (Å²) in [7, 11) is -4.06. The Morgan fingerprint density at radius 2 is 1.74 bits per heavy atom. The number of aromatic nitrogens is 3. The number of amides is 2. The lowest BCUT2D eigenvalue weighted by Gasteiger charge is -2.11. The first kappa shape index (κ1) is 27.3. The predicted octanol–water partition coefficient (Wildman–Crippen LogP) is 5.00. The van der Waals surface area contributed by atoms with Crippen LogP contribution >= 0.6 is 11.6 Å². The van der Waals surface area contributed by atoms with Gasteiger partial charge >= 0.3 is 0 Å². The van der Waals surface area contributed by atoms with Crippen molar-refractivity contribution < 1.29 is 18.0 Å². The highest BCUT2D eigenvalue weighted by molar-refractivity contribution is 7.90. The normalized spacial score (nSPS) is 11.5. The van der Waals surface area contributed by atoms with Crippen molar-refractivity contribution in [1.29, 1.82) is 0 Å². The van der Waals surface area contributed by atoms with Crippen molar-refractivity contribution in [3.63, 3.8) is 0 Å². The fourth-order valence-electron chi connectivity index (χ4n) is 3.87. The van der Waals surface area contributed by atoms with E-state index in [2.05, 4.69) is 20.0 Å². The van der Waals surface area contributed by atoms with Gasteiger partial charge in [0.05, 0.1) is 11.4 Å². The smallest absolute Gasteiger partial charge is 0.283 e. The van der Waals surface area contributed by atoms with E-state index in [1.54, 1.807) is 41.8 Å². The van der Waals surface area contributed by atoms with Gasteiger partial charge in [-0.3, -0.25) is 9.59 Å². The Bertz CT molecular complexity index is 1610. The maximum Gasteiger partial charge on any atom is 0.283 e. The summed E-state index contributed by atoms with van der Waals surface area (Å²) in [6.45, 7) is 5.98. The van der Waals surface area contributed by atoms with E-state index in [1.165, 1.54) is 18.2 Å². The molecule has 0 aliphatic heterocycles. The van der Waals surface area contributed by atoms with E-state index in [0.717, 1.165) is 24.0 Å². The quantitative estimate of drug-likeness (QED) is 0.301. The fourth-order valence-corrected chi connectivity index (χ4v) is 5.07. The summed E-state index contributed by atoms with van der Waals surface area (Å²) in [4.78, 5) is 33.8. The number of pyridine rings is 1. The molecule has 0 bridgehead atoms. The molecule has 2 amide bonds. The molecule has 2 aromatic heterocycles. The zero-order valence-electron chi connectivity index (χ0n) is 21.3. The minimum atomic E-state index is -4.06. The number of imidazole rings is 1. The maximum atomic E-state index is 12.8. The lowest BCUT2D eigenvalue weighted by molar-refractivity contribution is -0.116. The molecule has 0 aliphatic carbocycles. The van der Waals surface area contributed by atoms with E-state index >= 15 is 0 Å². The van der Waals surface area contributed by atoms with Crippen molar-refractivity contribution in [1.82, 2.24) is 19.3 Å². The van der Waals surface area contributed by atoms with Crippen LogP contribution in [0.4, 0.5) is 5.69 Å². The second-order valence-corrected chi connectivity index (χ2v) is 11.1. The van der Waals surface area contributed by atoms with Gasteiger partial charge in [-0.1, -0.05) is 48.7 Å². The number of aryl methyl sites for hydroxylation is 2. The van der Waals surface area contributed by atoms with Crippen molar-refractivity contribution in [3.05, 3.63) is 82.3 Å². The number of fused-ring (bicyclic) bond motifs is 1. The SMILES string of the molecule is CCCCC(=O)Nc1ccc(Cn2c(C)nc3ccc(C(=O)NS(=O)(=O)c4ccc(C)cc4)nc32)c(Cl)c1. The van der Waals surface area contributed by atoms with Gasteiger partial charge in [-0.2, -0.15) is 0 Å². The number of nitrogens with one attached hydrogen (secondary N) is 2. The van der Waals surface area contributed by atoms with Crippen molar-refractivity contribution in [2.24, 2.45) is 0 Å². The Kier molecular flexibility index (Phi) is 8.13. The average Bonchev–Trinajstić information content (AvgIpc) is 3.18. The molecule has 0 radical (unpaired) electrons. The number of nitrogens with zero attached hydrogens (tertiary/aromatic N) is 3. The first-order valence-corrected chi connectivity index (χ1v) is 14.0. The minimum Gasteiger partial charge on any atom is -0.326 e. The summed E-state index contributed by atoms with van der Waals surface area (Å²) in [6, 6.07) is 14.5. The zero-order valence-corrected chi connectivity index (χ0v) is 22.9. The number of carbonyl (C=O) groups is 2. The van der Waals surface area contributed by atoms with Crippen molar-refractivity contribution in [2.75, 3.05) is 5.32 Å². The monoisotopic (exact) mass is 553 g/mol. The van der Waals surface area contributed by atoms with Crippen molar-refractivity contribution in [3.8, 4) is 0 Å². The van der Waals surface area contributed by atoms with E-state index < -0.39 is 15.9 Å². The number of rotatable bonds is 9. The molecule has 0 spiro atoms. The highest BCUT2D eigenvalue weighted by atomic mass is 35.5. The van der Waals surface area contributed by atoms with Gasteiger partial charge in [-0.05, 0) is 62.2 Å². The second-order valence-electron chi connectivity index (χ2n) is 8.99. The summed E-state index contributed by atoms with van der Waals surface area (Å²) < 4.78 is 29.2. The molecule has 198 valence electrons. The predicted molar refractivity (Wildman–Crippen MR) is 147 cm³/mol. The van der Waals surface area contributed by atoms with Gasteiger partial charge in [-0.25, -0.2) is 23.1 Å². The first-order valence-electron chi connectivity index (χ1n) is 12.1. The number of anilines is 1. The van der Waals surface area contributed by atoms with Crippen LogP contribution in [0.5, 0.6) is 0 Å². The molecule has 38 heavy (non-hydrogen) atoms. The van der Waals surface area contributed by atoms with Crippen LogP contribution in [0, 0.1) is 13.8 Å². The molecule has 0 aliphatic rings. The van der Waals surface area contributed by atoms with Gasteiger partial charge in [-0.15, -0.1) is 0 Å². The first-order chi connectivity index (χ1) is 18.1. The number of hydrogen-bond acceptors (Lipinski definition) is 6. The van der Waals surface area contributed by atoms with Gasteiger partial charge < -0.3 is 9.88 Å². The van der Waals surface area contributed by atoms with E-state index in [0.29, 0.717) is 40.7 Å². The third kappa shape index (κ3) is 6.20. The average molecular weight is 554 g/mol.